The minimum absolute atomic E-state index is 0.783. The molecule has 0 saturated carbocycles. The van der Waals surface area contributed by atoms with Crippen molar-refractivity contribution in [2.75, 3.05) is 12.3 Å². The Bertz CT molecular complexity index is 1000. The fraction of sp³-hybridized carbons (Fsp3) is 0.0625. The predicted octanol–water partition coefficient (Wildman–Crippen LogP) is 6.89. The zero-order valence-electron chi connectivity index (χ0n) is 20.0. The molecule has 0 aliphatic heterocycles. The van der Waals surface area contributed by atoms with Gasteiger partial charge >= 0.3 is 24.8 Å². The Balaban J connectivity index is 0.000000390. The van der Waals surface area contributed by atoms with Crippen molar-refractivity contribution < 1.29 is 14.6 Å². The molecule has 36 heavy (non-hydrogen) atoms. The zero-order chi connectivity index (χ0) is 25.3. The standard InChI is InChI=1S/C26H24P2.C6H5.ClH.Ni/c1-5-13-23(14-6-1)27(24-15-7-2-8-16-24)21-22-28(25-17-9-3-10-18-25)26-19-11-4-12-20-26;1-2-4-6-5-3-1;;/h1-20H,21-22H2;1-5H;1H;/q;-1;;+1/p+1. The van der Waals surface area contributed by atoms with Crippen LogP contribution in [-0.4, -0.2) is 12.3 Å². The van der Waals surface area contributed by atoms with Gasteiger partial charge in [0.1, 0.15) is 12.3 Å². The quantitative estimate of drug-likeness (QED) is 0.113. The zero-order valence-corrected chi connectivity index (χ0v) is 23.8. The third kappa shape index (κ3) is 9.32. The van der Waals surface area contributed by atoms with Crippen LogP contribution in [0, 0.1) is 6.07 Å². The van der Waals surface area contributed by atoms with Gasteiger partial charge in [0.05, 0.1) is 37.1 Å². The molecule has 0 aromatic heterocycles. The van der Waals surface area contributed by atoms with Gasteiger partial charge in [-0.25, -0.2) is 0 Å². The smallest absolute Gasteiger partial charge is 0.101 e. The largest absolute Gasteiger partial charge is 0.184 e. The summed E-state index contributed by atoms with van der Waals surface area (Å²) in [6.45, 7) is 0. The molecule has 0 bridgehead atoms. The van der Waals surface area contributed by atoms with Gasteiger partial charge in [0, 0.05) is 0 Å². The Morgan fingerprint density at radius 2 is 0.667 bits per heavy atom. The normalized spacial score (nSPS) is 10.1. The van der Waals surface area contributed by atoms with Gasteiger partial charge in [-0.2, -0.15) is 36.4 Å². The van der Waals surface area contributed by atoms with Gasteiger partial charge in [0.15, 0.2) is 0 Å². The van der Waals surface area contributed by atoms with Crippen molar-refractivity contribution in [3.05, 3.63) is 158 Å². The summed E-state index contributed by atoms with van der Waals surface area (Å²) >= 11 is 3.35. The molecule has 0 N–H and O–H groups in total. The second-order valence-corrected chi connectivity index (χ2v) is 13.2. The van der Waals surface area contributed by atoms with Crippen LogP contribution < -0.4 is 21.2 Å². The topological polar surface area (TPSA) is 0 Å². The molecule has 0 unspecified atom stereocenters. The van der Waals surface area contributed by atoms with E-state index >= 15 is 0 Å². The van der Waals surface area contributed by atoms with Gasteiger partial charge in [0.2, 0.25) is 0 Å². The molecular formula is C32H31ClNiP2+. The van der Waals surface area contributed by atoms with Gasteiger partial charge < -0.3 is 0 Å². The molecule has 5 aromatic carbocycles. The predicted molar refractivity (Wildman–Crippen MR) is 162 cm³/mol. The van der Waals surface area contributed by atoms with Crippen LogP contribution in [0.2, 0.25) is 0 Å². The Morgan fingerprint density at radius 1 is 0.417 bits per heavy atom. The molecule has 0 aliphatic carbocycles. The third-order valence-electron chi connectivity index (χ3n) is 5.72. The van der Waals surface area contributed by atoms with Crippen LogP contribution in [0.5, 0.6) is 0 Å². The van der Waals surface area contributed by atoms with E-state index in [2.05, 4.69) is 152 Å². The van der Waals surface area contributed by atoms with E-state index in [1.807, 2.05) is 30.3 Å². The van der Waals surface area contributed by atoms with E-state index in [1.54, 1.807) is 0 Å². The monoisotopic (exact) mass is 570 g/mol. The molecule has 4 heteroatoms. The van der Waals surface area contributed by atoms with Crippen LogP contribution in [-0.2, 0) is 14.6 Å². The summed E-state index contributed by atoms with van der Waals surface area (Å²) in [5, 5.41) is 6.06. The van der Waals surface area contributed by atoms with Gasteiger partial charge in [-0.1, -0.05) is 72.8 Å². The molecule has 5 rings (SSSR count). The van der Waals surface area contributed by atoms with Crippen molar-refractivity contribution in [3.63, 3.8) is 0 Å². The van der Waals surface area contributed by atoms with Crippen LogP contribution >= 0.6 is 26.0 Å². The summed E-state index contributed by atoms with van der Waals surface area (Å²) in [7, 11) is 2.70. The minimum atomic E-state index is -0.783. The molecular weight excluding hydrogens is 540 g/mol. The number of benzene rings is 5. The van der Waals surface area contributed by atoms with Crippen LogP contribution in [0.4, 0.5) is 0 Å². The van der Waals surface area contributed by atoms with Crippen LogP contribution in [0.1, 0.15) is 0 Å². The first kappa shape index (κ1) is 28.3. The van der Waals surface area contributed by atoms with E-state index in [0.29, 0.717) is 0 Å². The van der Waals surface area contributed by atoms with Crippen molar-refractivity contribution in [2.45, 2.75) is 0 Å². The van der Waals surface area contributed by atoms with Gasteiger partial charge in [0.25, 0.3) is 0 Å². The first-order valence-corrected chi connectivity index (χ1v) is 16.7. The summed E-state index contributed by atoms with van der Waals surface area (Å²) in [5.74, 6) is 0. The van der Waals surface area contributed by atoms with Crippen LogP contribution in [0.25, 0.3) is 0 Å². The third-order valence-corrected chi connectivity index (χ3v) is 11.8. The van der Waals surface area contributed by atoms with Gasteiger partial charge in [-0.05, 0) is 48.5 Å². The fourth-order valence-corrected chi connectivity index (χ4v) is 10.3. The molecule has 0 radical (unpaired) electrons. The molecule has 0 spiro atoms. The van der Waals surface area contributed by atoms with E-state index in [-0.39, 0.29) is 0 Å². The van der Waals surface area contributed by atoms with Crippen molar-refractivity contribution in [1.82, 2.24) is 0 Å². The number of halogens is 1. The van der Waals surface area contributed by atoms with Crippen molar-refractivity contribution in [2.24, 2.45) is 0 Å². The average molecular weight is 572 g/mol. The molecule has 0 saturated heterocycles. The maximum Gasteiger partial charge on any atom is 0.101 e. The van der Waals surface area contributed by atoms with E-state index in [1.165, 1.54) is 33.5 Å². The fourth-order valence-electron chi connectivity index (χ4n) is 4.06. The van der Waals surface area contributed by atoms with Crippen molar-refractivity contribution in [3.8, 4) is 0 Å². The Labute approximate surface area is 230 Å². The van der Waals surface area contributed by atoms with Gasteiger partial charge in [-0.3, -0.25) is 0 Å². The summed E-state index contributed by atoms with van der Waals surface area (Å²) in [6, 6.07) is 57.0. The Hall–Kier alpha value is -2.26. The van der Waals surface area contributed by atoms with Crippen molar-refractivity contribution >= 4 is 47.3 Å². The molecule has 5 aromatic rings. The molecule has 185 valence electrons. The molecule has 0 fully saturated rings. The number of hydrogen-bond acceptors (Lipinski definition) is 0. The molecule has 0 atom stereocenters. The molecule has 0 heterocycles. The number of rotatable bonds is 7. The number of hydrogen-bond donors (Lipinski definition) is 0. The molecule has 0 aliphatic rings. The second-order valence-electron chi connectivity index (χ2n) is 8.00. The average Bonchev–Trinajstić information content (AvgIpc) is 2.99. The minimum Gasteiger partial charge on any atom is -0.184 e. The van der Waals surface area contributed by atoms with E-state index in [0.717, 1.165) is 0 Å². The van der Waals surface area contributed by atoms with E-state index in [4.69, 9.17) is 0 Å². The SMILES string of the molecule is [Cl][Ni].[c-]1ccccc1.c1ccc([PH+](CC[PH+](c2ccccc2)c2ccccc2)c2ccccc2)cc1. The molecule has 0 amide bonds. The second kappa shape index (κ2) is 17.2. The Morgan fingerprint density at radius 3 is 0.861 bits per heavy atom. The first-order valence-electron chi connectivity index (χ1n) is 11.9. The molecule has 0 nitrogen and oxygen atoms in total. The van der Waals surface area contributed by atoms with Gasteiger partial charge in [-0.15, -0.1) is 0 Å². The van der Waals surface area contributed by atoms with E-state index < -0.39 is 15.8 Å². The summed E-state index contributed by atoms with van der Waals surface area (Å²) in [5.41, 5.74) is 0. The summed E-state index contributed by atoms with van der Waals surface area (Å²) in [6.07, 6.45) is 2.52. The maximum absolute atomic E-state index is 4.26. The van der Waals surface area contributed by atoms with Crippen LogP contribution in [0.15, 0.2) is 152 Å². The van der Waals surface area contributed by atoms with E-state index in [9.17, 15) is 0 Å². The Kier molecular flexibility index (Phi) is 13.6. The van der Waals surface area contributed by atoms with Crippen molar-refractivity contribution in [1.29, 1.82) is 0 Å². The summed E-state index contributed by atoms with van der Waals surface area (Å²) in [4.78, 5) is 0. The van der Waals surface area contributed by atoms with Crippen LogP contribution in [0.3, 0.4) is 0 Å². The summed E-state index contributed by atoms with van der Waals surface area (Å²) < 4.78 is 0. The first-order chi connectivity index (χ1) is 17.9. The maximum atomic E-state index is 4.26.